The van der Waals surface area contributed by atoms with Crippen LogP contribution in [0.3, 0.4) is 0 Å². The SMILES string of the molecule is Cc1nc(COc2ncccn2)sc1-c1cccc(-c2cc(F)c3c(c2C)NNN3)n1. The van der Waals surface area contributed by atoms with E-state index >= 15 is 0 Å². The molecule has 0 bridgehead atoms. The standard InChI is InChI=1S/C21H18FN7OS/c1-11-13(9-14(22)19-18(11)27-29-28-19)15-5-3-6-16(26-15)20-12(2)25-17(31-20)10-30-21-23-7-4-8-24-21/h3-9,27-29H,10H2,1-2H3. The first-order valence-electron chi connectivity index (χ1n) is 9.54. The summed E-state index contributed by atoms with van der Waals surface area (Å²) in [4.78, 5) is 18.4. The number of thiazole rings is 1. The molecule has 0 aliphatic carbocycles. The highest BCUT2D eigenvalue weighted by atomic mass is 32.1. The number of hydrogen-bond donors (Lipinski definition) is 3. The molecule has 1 aromatic carbocycles. The van der Waals surface area contributed by atoms with Crippen LogP contribution >= 0.6 is 11.3 Å². The van der Waals surface area contributed by atoms with E-state index in [1.165, 1.54) is 17.4 Å². The fraction of sp³-hybridized carbons (Fsp3) is 0.143. The largest absolute Gasteiger partial charge is 0.456 e. The molecule has 0 radical (unpaired) electrons. The van der Waals surface area contributed by atoms with Crippen LogP contribution in [0.25, 0.3) is 21.8 Å². The molecule has 0 fully saturated rings. The van der Waals surface area contributed by atoms with Crippen LogP contribution in [0.2, 0.25) is 0 Å². The van der Waals surface area contributed by atoms with Crippen molar-refractivity contribution in [2.45, 2.75) is 20.5 Å². The summed E-state index contributed by atoms with van der Waals surface area (Å²) >= 11 is 1.50. The van der Waals surface area contributed by atoms with Crippen LogP contribution in [0.15, 0.2) is 42.7 Å². The second-order valence-corrected chi connectivity index (χ2v) is 7.99. The molecule has 0 saturated heterocycles. The molecule has 0 amide bonds. The van der Waals surface area contributed by atoms with Gasteiger partial charge in [0.2, 0.25) is 0 Å². The molecule has 0 spiro atoms. The quantitative estimate of drug-likeness (QED) is 0.428. The average molecular weight is 435 g/mol. The summed E-state index contributed by atoms with van der Waals surface area (Å²) in [5.41, 5.74) is 13.5. The third-order valence-electron chi connectivity index (χ3n) is 4.88. The second-order valence-electron chi connectivity index (χ2n) is 6.91. The maximum Gasteiger partial charge on any atom is 0.316 e. The van der Waals surface area contributed by atoms with E-state index in [0.29, 0.717) is 23.1 Å². The maximum absolute atomic E-state index is 14.5. The summed E-state index contributed by atoms with van der Waals surface area (Å²) in [6.07, 6.45) is 3.25. The molecule has 3 N–H and O–H groups in total. The van der Waals surface area contributed by atoms with E-state index in [9.17, 15) is 4.39 Å². The Morgan fingerprint density at radius 1 is 1.00 bits per heavy atom. The molecule has 3 aromatic heterocycles. The van der Waals surface area contributed by atoms with Gasteiger partial charge in [0.15, 0.2) is 5.82 Å². The lowest BCUT2D eigenvalue weighted by Crippen LogP contribution is -2.19. The molecule has 156 valence electrons. The second kappa shape index (κ2) is 7.89. The third-order valence-corrected chi connectivity index (χ3v) is 6.03. The lowest BCUT2D eigenvalue weighted by molar-refractivity contribution is 0.280. The molecule has 1 aliphatic heterocycles. The smallest absolute Gasteiger partial charge is 0.316 e. The van der Waals surface area contributed by atoms with Crippen molar-refractivity contribution in [3.63, 3.8) is 0 Å². The van der Waals surface area contributed by atoms with Crippen LogP contribution in [0.5, 0.6) is 6.01 Å². The number of pyridine rings is 1. The molecule has 10 heteroatoms. The zero-order valence-corrected chi connectivity index (χ0v) is 17.5. The van der Waals surface area contributed by atoms with Crippen molar-refractivity contribution < 1.29 is 9.13 Å². The first-order chi connectivity index (χ1) is 15.1. The summed E-state index contributed by atoms with van der Waals surface area (Å²) in [5.74, 6) is -0.350. The van der Waals surface area contributed by atoms with E-state index in [0.717, 1.165) is 32.4 Å². The van der Waals surface area contributed by atoms with Gasteiger partial charge in [-0.3, -0.25) is 5.43 Å². The van der Waals surface area contributed by atoms with Crippen LogP contribution in [0.1, 0.15) is 16.3 Å². The van der Waals surface area contributed by atoms with E-state index in [1.807, 2.05) is 32.0 Å². The van der Waals surface area contributed by atoms with Gasteiger partial charge in [0, 0.05) is 18.0 Å². The summed E-state index contributed by atoms with van der Waals surface area (Å²) < 4.78 is 20.1. The first kappa shape index (κ1) is 19.3. The van der Waals surface area contributed by atoms with Gasteiger partial charge in [-0.15, -0.1) is 16.9 Å². The minimum Gasteiger partial charge on any atom is -0.456 e. The predicted octanol–water partition coefficient (Wildman–Crippen LogP) is 4.25. The summed E-state index contributed by atoms with van der Waals surface area (Å²) in [5, 5.41) is 0.799. The van der Waals surface area contributed by atoms with Crippen LogP contribution in [-0.4, -0.2) is 19.9 Å². The van der Waals surface area contributed by atoms with E-state index in [2.05, 4.69) is 31.3 Å². The lowest BCUT2D eigenvalue weighted by Gasteiger charge is -2.11. The Labute approximate surface area is 181 Å². The van der Waals surface area contributed by atoms with Crippen molar-refractivity contribution in [2.75, 3.05) is 10.9 Å². The number of nitrogens with zero attached hydrogens (tertiary/aromatic N) is 4. The first-order valence-corrected chi connectivity index (χ1v) is 10.4. The minimum absolute atomic E-state index is 0.274. The number of benzene rings is 1. The molecular formula is C21H18FN7OS. The van der Waals surface area contributed by atoms with Crippen molar-refractivity contribution >= 4 is 22.7 Å². The molecule has 0 atom stereocenters. The van der Waals surface area contributed by atoms with E-state index < -0.39 is 0 Å². The Kier molecular flexibility index (Phi) is 4.92. The molecule has 0 saturated carbocycles. The predicted molar refractivity (Wildman–Crippen MR) is 117 cm³/mol. The van der Waals surface area contributed by atoms with Crippen molar-refractivity contribution in [1.82, 2.24) is 25.5 Å². The van der Waals surface area contributed by atoms with Gasteiger partial charge < -0.3 is 10.2 Å². The van der Waals surface area contributed by atoms with E-state index in [-0.39, 0.29) is 12.4 Å². The molecule has 31 heavy (non-hydrogen) atoms. The van der Waals surface area contributed by atoms with Gasteiger partial charge in [-0.1, -0.05) is 6.07 Å². The Hall–Kier alpha value is -3.63. The highest BCUT2D eigenvalue weighted by Gasteiger charge is 2.21. The van der Waals surface area contributed by atoms with Crippen molar-refractivity contribution in [2.24, 2.45) is 0 Å². The number of halogens is 1. The van der Waals surface area contributed by atoms with Gasteiger partial charge in [0.05, 0.1) is 27.6 Å². The number of ether oxygens (including phenoxy) is 1. The van der Waals surface area contributed by atoms with Crippen LogP contribution in [-0.2, 0) is 6.61 Å². The van der Waals surface area contributed by atoms with Gasteiger partial charge in [0.25, 0.3) is 0 Å². The molecule has 8 nitrogen and oxygen atoms in total. The Balaban J connectivity index is 1.45. The number of hydrogen-bond acceptors (Lipinski definition) is 9. The number of anilines is 2. The summed E-state index contributed by atoms with van der Waals surface area (Å²) in [6.45, 7) is 4.14. The normalized spacial score (nSPS) is 12.2. The van der Waals surface area contributed by atoms with Gasteiger partial charge in [-0.2, -0.15) is 0 Å². The fourth-order valence-corrected chi connectivity index (χ4v) is 4.35. The number of nitrogens with one attached hydrogen (secondary N) is 3. The number of fused-ring (bicyclic) bond motifs is 1. The van der Waals surface area contributed by atoms with Gasteiger partial charge in [-0.25, -0.2) is 24.3 Å². The van der Waals surface area contributed by atoms with Crippen LogP contribution < -0.4 is 21.1 Å². The molecule has 1 aliphatic rings. The zero-order chi connectivity index (χ0) is 21.4. The Morgan fingerprint density at radius 2 is 1.77 bits per heavy atom. The van der Waals surface area contributed by atoms with Crippen molar-refractivity contribution in [3.8, 4) is 27.8 Å². The lowest BCUT2D eigenvalue weighted by atomic mass is 10.0. The molecule has 4 heterocycles. The maximum atomic E-state index is 14.5. The van der Waals surface area contributed by atoms with Gasteiger partial charge in [-0.05, 0) is 43.7 Å². The van der Waals surface area contributed by atoms with Gasteiger partial charge >= 0.3 is 6.01 Å². The minimum atomic E-state index is -0.350. The Bertz CT molecular complexity index is 1260. The summed E-state index contributed by atoms with van der Waals surface area (Å²) in [7, 11) is 0. The van der Waals surface area contributed by atoms with Crippen LogP contribution in [0, 0.1) is 19.7 Å². The zero-order valence-electron chi connectivity index (χ0n) is 16.7. The monoisotopic (exact) mass is 435 g/mol. The molecule has 0 unspecified atom stereocenters. The van der Waals surface area contributed by atoms with Crippen molar-refractivity contribution in [1.29, 1.82) is 0 Å². The average Bonchev–Trinajstić information content (AvgIpc) is 3.43. The van der Waals surface area contributed by atoms with Gasteiger partial charge in [0.1, 0.15) is 17.3 Å². The van der Waals surface area contributed by atoms with Crippen LogP contribution in [0.4, 0.5) is 15.8 Å². The number of aromatic nitrogens is 4. The highest BCUT2D eigenvalue weighted by molar-refractivity contribution is 7.15. The fourth-order valence-electron chi connectivity index (χ4n) is 3.40. The third kappa shape index (κ3) is 3.66. The number of rotatable bonds is 5. The summed E-state index contributed by atoms with van der Waals surface area (Å²) in [6, 6.07) is 9.26. The Morgan fingerprint density at radius 3 is 2.61 bits per heavy atom. The van der Waals surface area contributed by atoms with E-state index in [4.69, 9.17) is 9.72 Å². The number of hydrazine groups is 2. The molecular weight excluding hydrogens is 417 g/mol. The molecule has 5 rings (SSSR count). The van der Waals surface area contributed by atoms with Crippen molar-refractivity contribution in [3.05, 3.63) is 64.8 Å². The highest BCUT2D eigenvalue weighted by Crippen LogP contribution is 2.38. The van der Waals surface area contributed by atoms with E-state index in [1.54, 1.807) is 18.5 Å². The molecule has 4 aromatic rings. The number of aryl methyl sites for hydroxylation is 1. The topological polar surface area (TPSA) is 96.9 Å².